The topological polar surface area (TPSA) is 44.2 Å². The van der Waals surface area contributed by atoms with Gasteiger partial charge in [-0.3, -0.25) is 4.98 Å². The Labute approximate surface area is 141 Å². The van der Waals surface area contributed by atoms with E-state index in [2.05, 4.69) is 22.1 Å². The molecule has 0 fully saturated rings. The zero-order chi connectivity index (χ0) is 16.4. The molecule has 0 unspecified atom stereocenters. The molecule has 2 aromatic heterocycles. The van der Waals surface area contributed by atoms with Crippen molar-refractivity contribution in [2.45, 2.75) is 19.3 Å². The highest BCUT2D eigenvalue weighted by Crippen LogP contribution is 2.37. The van der Waals surface area contributed by atoms with Gasteiger partial charge in [-0.15, -0.1) is 0 Å². The lowest BCUT2D eigenvalue weighted by atomic mass is 10.1. The maximum atomic E-state index is 6.09. The number of methoxy groups -OCH3 is 1. The highest BCUT2D eigenvalue weighted by molar-refractivity contribution is 5.73. The van der Waals surface area contributed by atoms with Crippen LogP contribution in [0, 0.1) is 0 Å². The third-order valence-corrected chi connectivity index (χ3v) is 4.35. The Bertz CT molecular complexity index is 877. The average Bonchev–Trinajstić information content (AvgIpc) is 3.10. The van der Waals surface area contributed by atoms with E-state index in [1.807, 2.05) is 24.3 Å². The Morgan fingerprint density at radius 3 is 2.79 bits per heavy atom. The smallest absolute Gasteiger partial charge is 0.227 e. The number of aromatic nitrogens is 2. The van der Waals surface area contributed by atoms with E-state index in [0.717, 1.165) is 35.5 Å². The second-order valence-electron chi connectivity index (χ2n) is 5.82. The van der Waals surface area contributed by atoms with Gasteiger partial charge in [-0.05, 0) is 60.7 Å². The summed E-state index contributed by atoms with van der Waals surface area (Å²) in [6.45, 7) is 0. The van der Waals surface area contributed by atoms with Gasteiger partial charge in [0, 0.05) is 29.7 Å². The molecule has 4 nitrogen and oxygen atoms in total. The number of nitrogens with zero attached hydrogens (tertiary/aromatic N) is 2. The van der Waals surface area contributed by atoms with Crippen molar-refractivity contribution in [3.05, 3.63) is 66.1 Å². The fraction of sp³-hybridized carbons (Fsp3) is 0.200. The minimum atomic E-state index is 0.557. The summed E-state index contributed by atoms with van der Waals surface area (Å²) in [6, 6.07) is 12.0. The highest BCUT2D eigenvalue weighted by atomic mass is 16.5. The van der Waals surface area contributed by atoms with Gasteiger partial charge in [0.1, 0.15) is 11.5 Å². The minimum absolute atomic E-state index is 0.557. The minimum Gasteiger partial charge on any atom is -0.496 e. The van der Waals surface area contributed by atoms with Crippen molar-refractivity contribution in [2.75, 3.05) is 7.11 Å². The Balaban J connectivity index is 1.72. The maximum Gasteiger partial charge on any atom is 0.227 e. The first-order valence-electron chi connectivity index (χ1n) is 8.08. The van der Waals surface area contributed by atoms with Gasteiger partial charge in [0.05, 0.1) is 7.11 Å². The predicted octanol–water partition coefficient (Wildman–Crippen LogP) is 4.43. The molecule has 0 atom stereocenters. The highest BCUT2D eigenvalue weighted by Gasteiger charge is 2.15. The van der Waals surface area contributed by atoms with Crippen molar-refractivity contribution in [2.24, 2.45) is 0 Å². The molecule has 0 saturated carbocycles. The van der Waals surface area contributed by atoms with Gasteiger partial charge in [-0.1, -0.05) is 6.07 Å². The number of ether oxygens (including phenoxy) is 2. The van der Waals surface area contributed by atoms with E-state index in [-0.39, 0.29) is 0 Å². The summed E-state index contributed by atoms with van der Waals surface area (Å²) in [6.07, 6.45) is 8.72. The first-order chi connectivity index (χ1) is 11.8. The molecule has 0 N–H and O–H groups in total. The quantitative estimate of drug-likeness (QED) is 0.713. The predicted molar refractivity (Wildman–Crippen MR) is 92.6 cm³/mol. The molecular formula is C20H18N2O2. The van der Waals surface area contributed by atoms with Crippen LogP contribution in [-0.4, -0.2) is 17.1 Å². The largest absolute Gasteiger partial charge is 0.496 e. The van der Waals surface area contributed by atoms with Crippen molar-refractivity contribution in [3.8, 4) is 28.5 Å². The van der Waals surface area contributed by atoms with Gasteiger partial charge in [-0.25, -0.2) is 4.98 Å². The average molecular weight is 318 g/mol. The summed E-state index contributed by atoms with van der Waals surface area (Å²) in [4.78, 5) is 8.62. The Morgan fingerprint density at radius 1 is 0.958 bits per heavy atom. The first-order valence-corrected chi connectivity index (χ1v) is 8.08. The number of hydrogen-bond donors (Lipinski definition) is 0. The van der Waals surface area contributed by atoms with Crippen LogP contribution < -0.4 is 9.47 Å². The number of hydrogen-bond acceptors (Lipinski definition) is 4. The van der Waals surface area contributed by atoms with Crippen LogP contribution in [-0.2, 0) is 12.8 Å². The van der Waals surface area contributed by atoms with Crippen LogP contribution in [0.5, 0.6) is 17.4 Å². The van der Waals surface area contributed by atoms with E-state index in [1.54, 1.807) is 25.7 Å². The molecule has 0 radical (unpaired) electrons. The molecule has 0 aliphatic heterocycles. The van der Waals surface area contributed by atoms with Crippen LogP contribution >= 0.6 is 0 Å². The van der Waals surface area contributed by atoms with E-state index in [4.69, 9.17) is 9.47 Å². The van der Waals surface area contributed by atoms with Gasteiger partial charge >= 0.3 is 0 Å². The SMILES string of the molecule is COc1ccncc1-c1cccnc1Oc1ccc2c(c1)CCC2. The van der Waals surface area contributed by atoms with Crippen molar-refractivity contribution in [3.63, 3.8) is 0 Å². The molecule has 4 rings (SSSR count). The summed E-state index contributed by atoms with van der Waals surface area (Å²) >= 11 is 0. The van der Waals surface area contributed by atoms with Crippen LogP contribution in [0.4, 0.5) is 0 Å². The van der Waals surface area contributed by atoms with Gasteiger partial charge in [0.15, 0.2) is 0 Å². The molecule has 3 aromatic rings. The number of benzene rings is 1. The maximum absolute atomic E-state index is 6.09. The second-order valence-corrected chi connectivity index (χ2v) is 5.82. The monoisotopic (exact) mass is 318 g/mol. The second kappa shape index (κ2) is 6.32. The molecule has 1 aliphatic carbocycles. The summed E-state index contributed by atoms with van der Waals surface area (Å²) in [5, 5.41) is 0. The lowest BCUT2D eigenvalue weighted by Gasteiger charge is -2.13. The normalized spacial score (nSPS) is 12.7. The van der Waals surface area contributed by atoms with Gasteiger partial charge in [0.2, 0.25) is 5.88 Å². The van der Waals surface area contributed by atoms with Crippen LogP contribution in [0.25, 0.3) is 11.1 Å². The number of fused-ring (bicyclic) bond motifs is 1. The molecule has 2 heterocycles. The molecule has 0 spiro atoms. The molecule has 4 heteroatoms. The van der Waals surface area contributed by atoms with E-state index < -0.39 is 0 Å². The number of pyridine rings is 2. The molecule has 1 aliphatic rings. The Kier molecular flexibility index (Phi) is 3.87. The van der Waals surface area contributed by atoms with E-state index in [1.165, 1.54) is 17.5 Å². The van der Waals surface area contributed by atoms with E-state index >= 15 is 0 Å². The molecule has 0 amide bonds. The fourth-order valence-corrected chi connectivity index (χ4v) is 3.16. The van der Waals surface area contributed by atoms with E-state index in [9.17, 15) is 0 Å². The zero-order valence-corrected chi connectivity index (χ0v) is 13.5. The Hall–Kier alpha value is -2.88. The van der Waals surface area contributed by atoms with Crippen LogP contribution in [0.1, 0.15) is 17.5 Å². The third kappa shape index (κ3) is 2.71. The fourth-order valence-electron chi connectivity index (χ4n) is 3.16. The van der Waals surface area contributed by atoms with Crippen molar-refractivity contribution >= 4 is 0 Å². The summed E-state index contributed by atoms with van der Waals surface area (Å²) in [5.74, 6) is 2.12. The van der Waals surface area contributed by atoms with Crippen LogP contribution in [0.2, 0.25) is 0 Å². The van der Waals surface area contributed by atoms with Crippen LogP contribution in [0.3, 0.4) is 0 Å². The summed E-state index contributed by atoms with van der Waals surface area (Å²) in [5.41, 5.74) is 4.54. The Morgan fingerprint density at radius 2 is 1.88 bits per heavy atom. The van der Waals surface area contributed by atoms with Crippen LogP contribution in [0.15, 0.2) is 55.0 Å². The molecule has 120 valence electrons. The standard InChI is InChI=1S/C20H18N2O2/c1-23-19-9-11-21-13-18(19)17-6-3-10-22-20(17)24-16-8-7-14-4-2-5-15(14)12-16/h3,6-13H,2,4-5H2,1H3. The number of rotatable bonds is 4. The third-order valence-electron chi connectivity index (χ3n) is 4.35. The molecule has 0 bridgehead atoms. The molecule has 24 heavy (non-hydrogen) atoms. The molecule has 1 aromatic carbocycles. The van der Waals surface area contributed by atoms with Crippen molar-refractivity contribution in [1.29, 1.82) is 0 Å². The summed E-state index contributed by atoms with van der Waals surface area (Å²) < 4.78 is 11.5. The molecular weight excluding hydrogens is 300 g/mol. The van der Waals surface area contributed by atoms with Gasteiger partial charge in [-0.2, -0.15) is 0 Å². The summed E-state index contributed by atoms with van der Waals surface area (Å²) in [7, 11) is 1.65. The van der Waals surface area contributed by atoms with Crippen molar-refractivity contribution < 1.29 is 9.47 Å². The lowest BCUT2D eigenvalue weighted by molar-refractivity contribution is 0.415. The van der Waals surface area contributed by atoms with Gasteiger partial charge in [0.25, 0.3) is 0 Å². The van der Waals surface area contributed by atoms with Crippen molar-refractivity contribution in [1.82, 2.24) is 9.97 Å². The first kappa shape index (κ1) is 14.7. The molecule has 0 saturated heterocycles. The van der Waals surface area contributed by atoms with Gasteiger partial charge < -0.3 is 9.47 Å². The number of aryl methyl sites for hydroxylation is 2. The van der Waals surface area contributed by atoms with E-state index in [0.29, 0.717) is 5.88 Å². The zero-order valence-electron chi connectivity index (χ0n) is 13.5. The lowest BCUT2D eigenvalue weighted by Crippen LogP contribution is -1.95.